The predicted molar refractivity (Wildman–Crippen MR) is 63.5 cm³/mol. The van der Waals surface area contributed by atoms with Gasteiger partial charge in [-0.15, -0.1) is 0 Å². The first-order valence-corrected chi connectivity index (χ1v) is 6.25. The molecule has 0 N–H and O–H groups in total. The average Bonchev–Trinajstić information content (AvgIpc) is 2.29. The molecule has 1 aromatic carbocycles. The van der Waals surface area contributed by atoms with Crippen molar-refractivity contribution in [1.29, 1.82) is 0 Å². The van der Waals surface area contributed by atoms with Gasteiger partial charge in [0.2, 0.25) is 0 Å². The molecule has 3 heteroatoms. The van der Waals surface area contributed by atoms with Gasteiger partial charge in [0.25, 0.3) is 0 Å². The lowest BCUT2D eigenvalue weighted by Crippen LogP contribution is -2.26. The standard InChI is InChI=1S/C13H14NOS/c1-11-5-7-12(8-6-11)16(15)13-4-3-9-14(2)10-13/h3-10H,1-2H3/q+1/t16-/m0/s1. The summed E-state index contributed by atoms with van der Waals surface area (Å²) in [5.41, 5.74) is 1.18. The smallest absolute Gasteiger partial charge is 0.185 e. The molecule has 2 rings (SSSR count). The number of pyridine rings is 1. The molecule has 1 heterocycles. The van der Waals surface area contributed by atoms with Gasteiger partial charge in [-0.05, 0) is 25.1 Å². The van der Waals surface area contributed by atoms with Gasteiger partial charge in [-0.3, -0.25) is 0 Å². The van der Waals surface area contributed by atoms with Crippen LogP contribution >= 0.6 is 0 Å². The van der Waals surface area contributed by atoms with Gasteiger partial charge < -0.3 is 0 Å². The maximum atomic E-state index is 12.2. The van der Waals surface area contributed by atoms with E-state index in [0.717, 1.165) is 9.79 Å². The van der Waals surface area contributed by atoms with Gasteiger partial charge in [-0.2, -0.15) is 0 Å². The molecule has 0 fully saturated rings. The summed E-state index contributed by atoms with van der Waals surface area (Å²) in [4.78, 5) is 1.67. The molecule has 1 aromatic heterocycles. The summed E-state index contributed by atoms with van der Waals surface area (Å²) in [5.74, 6) is 0. The third-order valence-corrected chi connectivity index (χ3v) is 3.73. The van der Waals surface area contributed by atoms with Crippen LogP contribution in [0.25, 0.3) is 0 Å². The van der Waals surface area contributed by atoms with Crippen LogP contribution in [0.3, 0.4) is 0 Å². The Balaban J connectivity index is 2.35. The normalized spacial score (nSPS) is 12.4. The van der Waals surface area contributed by atoms with Crippen LogP contribution in [0.5, 0.6) is 0 Å². The zero-order valence-corrected chi connectivity index (χ0v) is 10.2. The summed E-state index contributed by atoms with van der Waals surface area (Å²) in [7, 11) is 0.840. The van der Waals surface area contributed by atoms with E-state index in [2.05, 4.69) is 0 Å². The Kier molecular flexibility index (Phi) is 3.15. The van der Waals surface area contributed by atoms with Crippen LogP contribution in [0.15, 0.2) is 58.6 Å². The molecule has 0 spiro atoms. The van der Waals surface area contributed by atoms with E-state index in [1.165, 1.54) is 5.56 Å². The number of aryl methyl sites for hydroxylation is 2. The molecule has 0 bridgehead atoms. The van der Waals surface area contributed by atoms with Gasteiger partial charge in [0.05, 0.1) is 10.8 Å². The second kappa shape index (κ2) is 4.58. The van der Waals surface area contributed by atoms with Gasteiger partial charge >= 0.3 is 0 Å². The number of rotatable bonds is 2. The summed E-state index contributed by atoms with van der Waals surface area (Å²) >= 11 is 0. The first-order valence-electron chi connectivity index (χ1n) is 5.10. The molecule has 2 nitrogen and oxygen atoms in total. The summed E-state index contributed by atoms with van der Waals surface area (Å²) in [6.45, 7) is 2.02. The number of benzene rings is 1. The molecule has 82 valence electrons. The zero-order chi connectivity index (χ0) is 11.5. The van der Waals surface area contributed by atoms with E-state index in [-0.39, 0.29) is 0 Å². The van der Waals surface area contributed by atoms with Crippen molar-refractivity contribution in [2.75, 3.05) is 0 Å². The van der Waals surface area contributed by atoms with Crippen LogP contribution in [0.1, 0.15) is 5.56 Å². The molecule has 0 aliphatic rings. The Hall–Kier alpha value is -1.48. The Bertz CT molecular complexity index is 520. The van der Waals surface area contributed by atoms with E-state index in [0.29, 0.717) is 0 Å². The highest BCUT2D eigenvalue weighted by atomic mass is 32.2. The molecule has 0 saturated carbocycles. The van der Waals surface area contributed by atoms with Gasteiger partial charge in [-0.25, -0.2) is 8.78 Å². The van der Waals surface area contributed by atoms with Crippen molar-refractivity contribution < 1.29 is 8.78 Å². The van der Waals surface area contributed by atoms with Crippen LogP contribution in [0.2, 0.25) is 0 Å². The minimum absolute atomic E-state index is 0.828. The first kappa shape index (κ1) is 11.0. The second-order valence-corrected chi connectivity index (χ2v) is 5.27. The van der Waals surface area contributed by atoms with Crippen molar-refractivity contribution in [2.24, 2.45) is 7.05 Å². The first-order chi connectivity index (χ1) is 7.66. The Morgan fingerprint density at radius 3 is 2.38 bits per heavy atom. The summed E-state index contributed by atoms with van der Waals surface area (Å²) in [5, 5.41) is 0. The van der Waals surface area contributed by atoms with E-state index in [4.69, 9.17) is 0 Å². The van der Waals surface area contributed by atoms with Gasteiger partial charge in [0.15, 0.2) is 12.4 Å². The third-order valence-electron chi connectivity index (χ3n) is 2.36. The van der Waals surface area contributed by atoms with Crippen LogP contribution in [-0.2, 0) is 17.8 Å². The topological polar surface area (TPSA) is 20.9 Å². The lowest BCUT2D eigenvalue weighted by atomic mass is 10.2. The fourth-order valence-electron chi connectivity index (χ4n) is 1.47. The molecule has 0 saturated heterocycles. The van der Waals surface area contributed by atoms with Crippen LogP contribution in [0, 0.1) is 6.92 Å². The molecular formula is C13H14NOS+. The molecule has 0 amide bonds. The fourth-order valence-corrected chi connectivity index (χ4v) is 2.59. The van der Waals surface area contributed by atoms with E-state index < -0.39 is 10.8 Å². The summed E-state index contributed by atoms with van der Waals surface area (Å²) in [6.07, 6.45) is 3.81. The fraction of sp³-hybridized carbons (Fsp3) is 0.154. The highest BCUT2D eigenvalue weighted by Crippen LogP contribution is 2.15. The lowest BCUT2D eigenvalue weighted by Gasteiger charge is -2.01. The Morgan fingerprint density at radius 2 is 1.75 bits per heavy atom. The summed E-state index contributed by atoms with van der Waals surface area (Å²) in [6, 6.07) is 11.6. The average molecular weight is 232 g/mol. The van der Waals surface area contributed by atoms with E-state index in [1.807, 2.05) is 67.3 Å². The lowest BCUT2D eigenvalue weighted by molar-refractivity contribution is -0.673. The van der Waals surface area contributed by atoms with Gasteiger partial charge in [0.1, 0.15) is 11.9 Å². The molecule has 16 heavy (non-hydrogen) atoms. The molecule has 0 unspecified atom stereocenters. The van der Waals surface area contributed by atoms with Crippen LogP contribution in [-0.4, -0.2) is 4.21 Å². The highest BCUT2D eigenvalue weighted by molar-refractivity contribution is 7.85. The third kappa shape index (κ3) is 2.36. The number of nitrogens with zero attached hydrogens (tertiary/aromatic N) is 1. The second-order valence-electron chi connectivity index (χ2n) is 3.79. The van der Waals surface area contributed by atoms with Crippen molar-refractivity contribution in [3.8, 4) is 0 Å². The molecular weight excluding hydrogens is 218 g/mol. The molecule has 0 aliphatic carbocycles. The Morgan fingerprint density at radius 1 is 1.06 bits per heavy atom. The SMILES string of the molecule is Cc1ccc([S@](=O)c2ccc[n+](C)c2)cc1. The van der Waals surface area contributed by atoms with E-state index in [9.17, 15) is 4.21 Å². The molecule has 1 atom stereocenters. The maximum Gasteiger partial charge on any atom is 0.185 e. The van der Waals surface area contributed by atoms with Crippen molar-refractivity contribution >= 4 is 10.8 Å². The van der Waals surface area contributed by atoms with Crippen LogP contribution in [0.4, 0.5) is 0 Å². The van der Waals surface area contributed by atoms with E-state index >= 15 is 0 Å². The quantitative estimate of drug-likeness (QED) is 0.725. The molecule has 0 aliphatic heterocycles. The molecule has 0 radical (unpaired) electrons. The molecule has 2 aromatic rings. The van der Waals surface area contributed by atoms with Crippen molar-refractivity contribution in [2.45, 2.75) is 16.7 Å². The number of hydrogen-bond donors (Lipinski definition) is 0. The van der Waals surface area contributed by atoms with Gasteiger partial charge in [0, 0.05) is 11.0 Å². The van der Waals surface area contributed by atoms with Crippen molar-refractivity contribution in [3.05, 3.63) is 54.4 Å². The van der Waals surface area contributed by atoms with Crippen LogP contribution < -0.4 is 4.57 Å². The van der Waals surface area contributed by atoms with Crippen molar-refractivity contribution in [1.82, 2.24) is 0 Å². The monoisotopic (exact) mass is 232 g/mol. The van der Waals surface area contributed by atoms with Gasteiger partial charge in [-0.1, -0.05) is 17.7 Å². The predicted octanol–water partition coefficient (Wildman–Crippen LogP) is 1.99. The number of hydrogen-bond acceptors (Lipinski definition) is 1. The largest absolute Gasteiger partial charge is 0.249 e. The highest BCUT2D eigenvalue weighted by Gasteiger charge is 2.09. The zero-order valence-electron chi connectivity index (χ0n) is 9.38. The number of aromatic nitrogens is 1. The van der Waals surface area contributed by atoms with Crippen molar-refractivity contribution in [3.63, 3.8) is 0 Å². The minimum Gasteiger partial charge on any atom is -0.249 e. The maximum absolute atomic E-state index is 12.2. The minimum atomic E-state index is -1.09. The Labute approximate surface area is 98.0 Å². The van der Waals surface area contributed by atoms with E-state index in [1.54, 1.807) is 0 Å². The summed E-state index contributed by atoms with van der Waals surface area (Å²) < 4.78 is 14.1.